The van der Waals surface area contributed by atoms with Gasteiger partial charge >= 0.3 is 6.18 Å². The van der Waals surface area contributed by atoms with E-state index in [1.807, 2.05) is 6.07 Å². The fourth-order valence-electron chi connectivity index (χ4n) is 2.86. The smallest absolute Gasteiger partial charge is 0.416 e. The van der Waals surface area contributed by atoms with Crippen LogP contribution in [0.5, 0.6) is 5.75 Å². The molecule has 0 amide bonds. The van der Waals surface area contributed by atoms with Gasteiger partial charge < -0.3 is 9.26 Å². The van der Waals surface area contributed by atoms with Gasteiger partial charge in [-0.1, -0.05) is 41.0 Å². The van der Waals surface area contributed by atoms with Gasteiger partial charge in [0.05, 0.1) is 16.1 Å². The van der Waals surface area contributed by atoms with Crippen LogP contribution in [0.1, 0.15) is 17.1 Å². The number of rotatable bonds is 5. The highest BCUT2D eigenvalue weighted by atomic mass is 35.5. The van der Waals surface area contributed by atoms with Gasteiger partial charge in [-0.25, -0.2) is 4.98 Å². The minimum Gasteiger partial charge on any atom is -0.486 e. The fraction of sp³-hybridized carbons (Fsp3) is 0.150. The van der Waals surface area contributed by atoms with Gasteiger partial charge in [0.2, 0.25) is 0 Å². The van der Waals surface area contributed by atoms with Crippen molar-refractivity contribution in [3.05, 3.63) is 70.7 Å². The van der Waals surface area contributed by atoms with Crippen molar-refractivity contribution in [2.45, 2.75) is 19.7 Å². The van der Waals surface area contributed by atoms with Gasteiger partial charge in [-0.2, -0.15) is 18.3 Å². The third-order valence-corrected chi connectivity index (χ3v) is 4.61. The van der Waals surface area contributed by atoms with Crippen molar-refractivity contribution in [1.29, 1.82) is 0 Å². The minimum atomic E-state index is -4.44. The Morgan fingerprint density at radius 2 is 1.93 bits per heavy atom. The summed E-state index contributed by atoms with van der Waals surface area (Å²) in [6, 6.07) is 11.8. The maximum Gasteiger partial charge on any atom is 0.416 e. The zero-order valence-corrected chi connectivity index (χ0v) is 16.3. The van der Waals surface area contributed by atoms with Crippen molar-refractivity contribution in [3.8, 4) is 28.4 Å². The fourth-order valence-corrected chi connectivity index (χ4v) is 3.08. The number of hydrogen-bond donors (Lipinski definition) is 1. The maximum absolute atomic E-state index is 12.8. The van der Waals surface area contributed by atoms with Crippen LogP contribution in [0.15, 0.2) is 53.1 Å². The largest absolute Gasteiger partial charge is 0.486 e. The molecule has 1 N–H and O–H groups in total. The first-order chi connectivity index (χ1) is 14.3. The third-order valence-electron chi connectivity index (χ3n) is 4.28. The summed E-state index contributed by atoms with van der Waals surface area (Å²) in [6.45, 7) is 1.62. The summed E-state index contributed by atoms with van der Waals surface area (Å²) in [6.07, 6.45) is -4.44. The molecule has 0 aliphatic carbocycles. The van der Waals surface area contributed by atoms with Crippen LogP contribution in [-0.4, -0.2) is 20.3 Å². The number of hydrogen-bond acceptors (Lipinski definition) is 5. The number of aromatic nitrogens is 4. The van der Waals surface area contributed by atoms with E-state index in [1.165, 1.54) is 12.1 Å². The van der Waals surface area contributed by atoms with E-state index in [9.17, 15) is 13.2 Å². The first kappa shape index (κ1) is 20.0. The van der Waals surface area contributed by atoms with Crippen molar-refractivity contribution in [1.82, 2.24) is 20.3 Å². The SMILES string of the molecule is Cc1onc(-c2ccccc2Cl)c1-c1n[nH]c(COc2cccc(C(F)(F)F)c2)n1. The number of nitrogens with zero attached hydrogens (tertiary/aromatic N) is 3. The van der Waals surface area contributed by atoms with Crippen LogP contribution >= 0.6 is 11.6 Å². The molecular weight excluding hydrogens is 421 g/mol. The second-order valence-electron chi connectivity index (χ2n) is 6.36. The Labute approximate surface area is 173 Å². The summed E-state index contributed by atoms with van der Waals surface area (Å²) in [5.41, 5.74) is 0.924. The number of benzene rings is 2. The average Bonchev–Trinajstić information content (AvgIpc) is 3.32. The van der Waals surface area contributed by atoms with E-state index >= 15 is 0 Å². The topological polar surface area (TPSA) is 76.8 Å². The second kappa shape index (κ2) is 7.83. The quantitative estimate of drug-likeness (QED) is 0.437. The van der Waals surface area contributed by atoms with Crippen molar-refractivity contribution in [2.75, 3.05) is 0 Å². The van der Waals surface area contributed by atoms with E-state index in [4.69, 9.17) is 20.9 Å². The molecule has 6 nitrogen and oxygen atoms in total. The first-order valence-electron chi connectivity index (χ1n) is 8.76. The molecule has 10 heteroatoms. The standard InChI is InChI=1S/C20H14ClF3N4O2/c1-11-17(18(28-30-11)14-7-2-3-8-15(14)21)19-25-16(26-27-19)10-29-13-6-4-5-12(9-13)20(22,23)24/h2-9H,10H2,1H3,(H,25,26,27). The molecular formula is C20H14ClF3N4O2. The minimum absolute atomic E-state index is 0.0701. The van der Waals surface area contributed by atoms with Crippen LogP contribution in [0.4, 0.5) is 13.2 Å². The van der Waals surface area contributed by atoms with Crippen LogP contribution in [0.25, 0.3) is 22.6 Å². The maximum atomic E-state index is 12.8. The summed E-state index contributed by atoms with van der Waals surface area (Å²) < 4.78 is 49.2. The molecule has 0 aliphatic heterocycles. The van der Waals surface area contributed by atoms with Crippen LogP contribution in [-0.2, 0) is 12.8 Å². The van der Waals surface area contributed by atoms with Crippen LogP contribution < -0.4 is 4.74 Å². The summed E-state index contributed by atoms with van der Waals surface area (Å²) in [7, 11) is 0. The van der Waals surface area contributed by atoms with E-state index < -0.39 is 11.7 Å². The lowest BCUT2D eigenvalue weighted by atomic mass is 10.1. The van der Waals surface area contributed by atoms with E-state index in [0.29, 0.717) is 39.3 Å². The third kappa shape index (κ3) is 4.02. The van der Waals surface area contributed by atoms with Gasteiger partial charge in [0.25, 0.3) is 0 Å². The predicted octanol–water partition coefficient (Wildman–Crippen LogP) is 5.69. The van der Waals surface area contributed by atoms with E-state index in [0.717, 1.165) is 12.1 Å². The molecule has 4 rings (SSSR count). The Balaban J connectivity index is 1.56. The van der Waals surface area contributed by atoms with Gasteiger partial charge in [-0.3, -0.25) is 5.10 Å². The molecule has 0 unspecified atom stereocenters. The highest BCUT2D eigenvalue weighted by molar-refractivity contribution is 6.33. The molecule has 0 saturated heterocycles. The molecule has 2 aromatic heterocycles. The molecule has 0 aliphatic rings. The monoisotopic (exact) mass is 434 g/mol. The Morgan fingerprint density at radius 1 is 1.13 bits per heavy atom. The van der Waals surface area contributed by atoms with Gasteiger partial charge in [0, 0.05) is 5.56 Å². The zero-order valence-electron chi connectivity index (χ0n) is 15.5. The molecule has 0 atom stereocenters. The average molecular weight is 435 g/mol. The van der Waals surface area contributed by atoms with Crippen molar-refractivity contribution in [3.63, 3.8) is 0 Å². The zero-order chi connectivity index (χ0) is 21.3. The molecule has 0 bridgehead atoms. The van der Waals surface area contributed by atoms with Gasteiger partial charge in [0.1, 0.15) is 23.8 Å². The molecule has 0 fully saturated rings. The molecule has 0 saturated carbocycles. The van der Waals surface area contributed by atoms with E-state index in [2.05, 4.69) is 20.3 Å². The number of aromatic amines is 1. The number of ether oxygens (including phenoxy) is 1. The number of H-pyrrole nitrogens is 1. The number of aryl methyl sites for hydroxylation is 1. The summed E-state index contributed by atoms with van der Waals surface area (Å²) in [5, 5.41) is 11.4. The molecule has 2 aromatic carbocycles. The lowest BCUT2D eigenvalue weighted by molar-refractivity contribution is -0.137. The summed E-state index contributed by atoms with van der Waals surface area (Å²) in [4.78, 5) is 4.36. The van der Waals surface area contributed by atoms with Crippen LogP contribution in [0.3, 0.4) is 0 Å². The van der Waals surface area contributed by atoms with E-state index in [1.54, 1.807) is 25.1 Å². The number of alkyl halides is 3. The van der Waals surface area contributed by atoms with E-state index in [-0.39, 0.29) is 12.4 Å². The second-order valence-corrected chi connectivity index (χ2v) is 6.77. The Bertz CT molecular complexity index is 1190. The molecule has 154 valence electrons. The Hall–Kier alpha value is -3.33. The Kier molecular flexibility index (Phi) is 5.21. The molecule has 30 heavy (non-hydrogen) atoms. The lowest BCUT2D eigenvalue weighted by Crippen LogP contribution is -2.05. The van der Waals surface area contributed by atoms with Gasteiger partial charge in [-0.05, 0) is 31.2 Å². The summed E-state index contributed by atoms with van der Waals surface area (Å²) >= 11 is 6.26. The molecule has 2 heterocycles. The molecule has 4 aromatic rings. The van der Waals surface area contributed by atoms with Crippen molar-refractivity contribution < 1.29 is 22.4 Å². The number of nitrogens with one attached hydrogen (secondary N) is 1. The molecule has 0 spiro atoms. The number of halogens is 4. The highest BCUT2D eigenvalue weighted by Gasteiger charge is 2.30. The van der Waals surface area contributed by atoms with Crippen molar-refractivity contribution >= 4 is 11.6 Å². The van der Waals surface area contributed by atoms with Crippen molar-refractivity contribution in [2.24, 2.45) is 0 Å². The lowest BCUT2D eigenvalue weighted by Gasteiger charge is -2.09. The molecule has 0 radical (unpaired) electrons. The highest BCUT2D eigenvalue weighted by Crippen LogP contribution is 2.36. The summed E-state index contributed by atoms with van der Waals surface area (Å²) in [5.74, 6) is 1.20. The predicted molar refractivity (Wildman–Crippen MR) is 103 cm³/mol. The van der Waals surface area contributed by atoms with Gasteiger partial charge in [-0.15, -0.1) is 0 Å². The van der Waals surface area contributed by atoms with Crippen LogP contribution in [0, 0.1) is 6.92 Å². The Morgan fingerprint density at radius 3 is 2.70 bits per heavy atom. The van der Waals surface area contributed by atoms with Crippen LogP contribution in [0.2, 0.25) is 5.02 Å². The van der Waals surface area contributed by atoms with Gasteiger partial charge in [0.15, 0.2) is 11.6 Å². The normalized spacial score (nSPS) is 11.6. The first-order valence-corrected chi connectivity index (χ1v) is 9.13.